The van der Waals surface area contributed by atoms with Crippen molar-refractivity contribution in [2.45, 2.75) is 52.2 Å². The molecule has 0 amide bonds. The molecule has 0 bridgehead atoms. The fraction of sp³-hybridized carbons (Fsp3) is 1.00. The molecule has 1 saturated heterocycles. The summed E-state index contributed by atoms with van der Waals surface area (Å²) in [5.74, 6) is 2.35. The van der Waals surface area contributed by atoms with Crippen molar-refractivity contribution in [2.24, 2.45) is 17.8 Å². The van der Waals surface area contributed by atoms with E-state index in [4.69, 9.17) is 4.84 Å². The van der Waals surface area contributed by atoms with Crippen LogP contribution in [0.25, 0.3) is 0 Å². The molecule has 1 saturated carbocycles. The van der Waals surface area contributed by atoms with Crippen LogP contribution in [0.5, 0.6) is 0 Å². The zero-order chi connectivity index (χ0) is 10.5. The van der Waals surface area contributed by atoms with Gasteiger partial charge in [-0.2, -0.15) is 5.06 Å². The van der Waals surface area contributed by atoms with Gasteiger partial charge in [-0.25, -0.2) is 0 Å². The average molecular weight is 234 g/mol. The van der Waals surface area contributed by atoms with Gasteiger partial charge in [-0.15, -0.1) is 12.4 Å². The van der Waals surface area contributed by atoms with Crippen LogP contribution in [0.15, 0.2) is 0 Å². The first-order chi connectivity index (χ1) is 6.42. The van der Waals surface area contributed by atoms with E-state index in [0.29, 0.717) is 12.0 Å². The maximum absolute atomic E-state index is 5.95. The van der Waals surface area contributed by atoms with Crippen LogP contribution in [0, 0.1) is 17.8 Å². The first kappa shape index (κ1) is 13.3. The molecule has 2 nitrogen and oxygen atoms in total. The Labute approximate surface area is 99.7 Å². The van der Waals surface area contributed by atoms with E-state index in [1.807, 2.05) is 0 Å². The van der Waals surface area contributed by atoms with E-state index in [1.165, 1.54) is 12.8 Å². The highest BCUT2D eigenvalue weighted by Gasteiger charge is 2.51. The highest BCUT2D eigenvalue weighted by Crippen LogP contribution is 2.47. The van der Waals surface area contributed by atoms with Crippen molar-refractivity contribution in [3.05, 3.63) is 0 Å². The Kier molecular flexibility index (Phi) is 3.74. The highest BCUT2D eigenvalue weighted by molar-refractivity contribution is 5.85. The lowest BCUT2D eigenvalue weighted by Crippen LogP contribution is -2.42. The van der Waals surface area contributed by atoms with Crippen molar-refractivity contribution in [2.75, 3.05) is 7.05 Å². The normalized spacial score (nSPS) is 44.6. The Hall–Kier alpha value is 0.210. The molecule has 4 atom stereocenters. The first-order valence-corrected chi connectivity index (χ1v) is 5.84. The predicted octanol–water partition coefficient (Wildman–Crippen LogP) is 3.11. The van der Waals surface area contributed by atoms with Crippen LogP contribution in [0.2, 0.25) is 0 Å². The molecular formula is C12H24ClNO. The molecule has 2 aliphatic rings. The lowest BCUT2D eigenvalue weighted by molar-refractivity contribution is -0.182. The van der Waals surface area contributed by atoms with Gasteiger partial charge in [-0.1, -0.05) is 13.8 Å². The Morgan fingerprint density at radius 2 is 1.80 bits per heavy atom. The molecule has 0 spiro atoms. The number of hydrogen-bond acceptors (Lipinski definition) is 2. The Morgan fingerprint density at radius 1 is 1.20 bits per heavy atom. The van der Waals surface area contributed by atoms with Crippen LogP contribution in [0.4, 0.5) is 0 Å². The monoisotopic (exact) mass is 233 g/mol. The van der Waals surface area contributed by atoms with Crippen LogP contribution < -0.4 is 0 Å². The first-order valence-electron chi connectivity index (χ1n) is 5.84. The molecule has 1 aliphatic heterocycles. The van der Waals surface area contributed by atoms with E-state index in [1.54, 1.807) is 0 Å². The summed E-state index contributed by atoms with van der Waals surface area (Å²) in [5, 5.41) is 2.11. The summed E-state index contributed by atoms with van der Waals surface area (Å²) in [6, 6.07) is 0.640. The number of halogens is 1. The van der Waals surface area contributed by atoms with Crippen molar-refractivity contribution < 1.29 is 4.84 Å². The van der Waals surface area contributed by atoms with E-state index >= 15 is 0 Å². The summed E-state index contributed by atoms with van der Waals surface area (Å²) >= 11 is 0. The molecular weight excluding hydrogens is 210 g/mol. The molecule has 4 unspecified atom stereocenters. The van der Waals surface area contributed by atoms with Crippen molar-refractivity contribution in [3.63, 3.8) is 0 Å². The van der Waals surface area contributed by atoms with Crippen molar-refractivity contribution in [1.82, 2.24) is 5.06 Å². The zero-order valence-corrected chi connectivity index (χ0v) is 11.3. The number of fused-ring (bicyclic) bond motifs is 1. The minimum atomic E-state index is 0. The molecule has 15 heavy (non-hydrogen) atoms. The lowest BCUT2D eigenvalue weighted by atomic mass is 9.68. The fourth-order valence-corrected chi connectivity index (χ4v) is 3.65. The summed E-state index contributed by atoms with van der Waals surface area (Å²) in [7, 11) is 2.10. The second kappa shape index (κ2) is 4.23. The molecule has 2 fully saturated rings. The van der Waals surface area contributed by atoms with Crippen LogP contribution in [0.3, 0.4) is 0 Å². The van der Waals surface area contributed by atoms with E-state index in [-0.39, 0.29) is 18.0 Å². The van der Waals surface area contributed by atoms with Gasteiger partial charge in [0.15, 0.2) is 0 Å². The van der Waals surface area contributed by atoms with Gasteiger partial charge in [0.25, 0.3) is 0 Å². The number of rotatable bonds is 0. The summed E-state index contributed by atoms with van der Waals surface area (Å²) < 4.78 is 0. The zero-order valence-electron chi connectivity index (χ0n) is 10.5. The molecule has 2 rings (SSSR count). The molecule has 0 aromatic rings. The molecule has 90 valence electrons. The standard InChI is InChI=1S/C12H23NO.ClH/c1-8-6-9(2)11-10(7-8)12(3,4)14-13(11)5;/h8-11H,6-7H2,1-5H3;1H. The largest absolute Gasteiger partial charge is 0.293 e. The van der Waals surface area contributed by atoms with Crippen LogP contribution in [-0.4, -0.2) is 23.8 Å². The fourth-order valence-electron chi connectivity index (χ4n) is 3.65. The maximum Gasteiger partial charge on any atom is 0.0887 e. The van der Waals surface area contributed by atoms with Crippen molar-refractivity contribution in [1.29, 1.82) is 0 Å². The summed E-state index contributed by atoms with van der Waals surface area (Å²) in [5.41, 5.74) is 0.0440. The third kappa shape index (κ3) is 2.17. The van der Waals surface area contributed by atoms with E-state index < -0.39 is 0 Å². The van der Waals surface area contributed by atoms with Gasteiger partial charge in [-0.3, -0.25) is 4.84 Å². The molecule has 3 heteroatoms. The summed E-state index contributed by atoms with van der Waals surface area (Å²) in [4.78, 5) is 5.95. The predicted molar refractivity (Wildman–Crippen MR) is 65.0 cm³/mol. The minimum absolute atomic E-state index is 0. The second-order valence-corrected chi connectivity index (χ2v) is 5.89. The van der Waals surface area contributed by atoms with Crippen molar-refractivity contribution in [3.8, 4) is 0 Å². The Bertz CT molecular complexity index is 232. The van der Waals surface area contributed by atoms with Gasteiger partial charge >= 0.3 is 0 Å². The second-order valence-electron chi connectivity index (χ2n) is 5.89. The molecule has 1 aliphatic carbocycles. The van der Waals surface area contributed by atoms with E-state index in [2.05, 4.69) is 39.8 Å². The van der Waals surface area contributed by atoms with E-state index in [9.17, 15) is 0 Å². The van der Waals surface area contributed by atoms with Crippen molar-refractivity contribution >= 4 is 12.4 Å². The quantitative estimate of drug-likeness (QED) is 0.638. The van der Waals surface area contributed by atoms with Gasteiger partial charge in [0.1, 0.15) is 0 Å². The number of nitrogens with zero attached hydrogens (tertiary/aromatic N) is 1. The molecule has 0 radical (unpaired) electrons. The highest BCUT2D eigenvalue weighted by atomic mass is 35.5. The Morgan fingerprint density at radius 3 is 2.40 bits per heavy atom. The number of hydrogen-bond donors (Lipinski definition) is 0. The summed E-state index contributed by atoms with van der Waals surface area (Å²) in [6.07, 6.45) is 2.68. The topological polar surface area (TPSA) is 12.5 Å². The SMILES string of the molecule is CC1CC(C)C2C(C1)C(C)(C)ON2C.Cl. The van der Waals surface area contributed by atoms with Gasteiger partial charge in [0, 0.05) is 19.0 Å². The molecule has 1 heterocycles. The van der Waals surface area contributed by atoms with Gasteiger partial charge in [-0.05, 0) is 38.5 Å². The third-order valence-corrected chi connectivity index (χ3v) is 4.12. The average Bonchev–Trinajstić information content (AvgIpc) is 2.21. The summed E-state index contributed by atoms with van der Waals surface area (Å²) in [6.45, 7) is 9.22. The smallest absolute Gasteiger partial charge is 0.0887 e. The maximum atomic E-state index is 5.95. The van der Waals surface area contributed by atoms with Crippen LogP contribution >= 0.6 is 12.4 Å². The van der Waals surface area contributed by atoms with Gasteiger partial charge in [0.2, 0.25) is 0 Å². The lowest BCUT2D eigenvalue weighted by Gasteiger charge is -2.38. The van der Waals surface area contributed by atoms with Gasteiger partial charge < -0.3 is 0 Å². The molecule has 0 N–H and O–H groups in total. The Balaban J connectivity index is 0.00000112. The molecule has 0 aromatic heterocycles. The van der Waals surface area contributed by atoms with Gasteiger partial charge in [0.05, 0.1) is 5.60 Å². The number of hydroxylamine groups is 2. The van der Waals surface area contributed by atoms with Crippen LogP contribution in [0.1, 0.15) is 40.5 Å². The third-order valence-electron chi connectivity index (χ3n) is 4.12. The minimum Gasteiger partial charge on any atom is -0.293 e. The molecule has 0 aromatic carbocycles. The van der Waals surface area contributed by atoms with Crippen LogP contribution in [-0.2, 0) is 4.84 Å². The van der Waals surface area contributed by atoms with E-state index in [0.717, 1.165) is 11.8 Å².